The predicted octanol–water partition coefficient (Wildman–Crippen LogP) is 2.66. The van der Waals surface area contributed by atoms with Gasteiger partial charge < -0.3 is 15.4 Å². The number of rotatable bonds is 2. The Balaban J connectivity index is 2.30. The Kier molecular flexibility index (Phi) is 4.25. The summed E-state index contributed by atoms with van der Waals surface area (Å²) in [6.07, 6.45) is 0.224. The van der Waals surface area contributed by atoms with Gasteiger partial charge in [-0.15, -0.1) is 0 Å². The van der Waals surface area contributed by atoms with Crippen molar-refractivity contribution in [2.75, 3.05) is 18.0 Å². The highest BCUT2D eigenvalue weighted by atomic mass is 79.9. The van der Waals surface area contributed by atoms with Gasteiger partial charge in [0.2, 0.25) is 0 Å². The maximum atomic E-state index is 14.3. The quantitative estimate of drug-likeness (QED) is 0.911. The normalized spacial score (nSPS) is 24.4. The van der Waals surface area contributed by atoms with E-state index in [0.29, 0.717) is 29.8 Å². The molecule has 1 saturated heterocycles. The van der Waals surface area contributed by atoms with Gasteiger partial charge in [-0.2, -0.15) is 0 Å². The van der Waals surface area contributed by atoms with Crippen molar-refractivity contribution in [3.63, 3.8) is 0 Å². The Morgan fingerprint density at radius 2 is 2.00 bits per heavy atom. The zero-order valence-corrected chi connectivity index (χ0v) is 12.2. The summed E-state index contributed by atoms with van der Waals surface area (Å²) in [5.41, 5.74) is 6.96. The van der Waals surface area contributed by atoms with Crippen LogP contribution in [0.15, 0.2) is 16.6 Å². The molecular formula is C13H18BrFN2O. The maximum absolute atomic E-state index is 14.3. The molecule has 5 heteroatoms. The minimum atomic E-state index is -0.237. The molecule has 18 heavy (non-hydrogen) atoms. The second-order valence-electron chi connectivity index (χ2n) is 4.74. The molecular weight excluding hydrogens is 299 g/mol. The summed E-state index contributed by atoms with van der Waals surface area (Å²) in [6.45, 7) is 5.74. The second-order valence-corrected chi connectivity index (χ2v) is 5.53. The summed E-state index contributed by atoms with van der Waals surface area (Å²) in [5.74, 6) is -0.237. The molecule has 2 N–H and O–H groups in total. The van der Waals surface area contributed by atoms with E-state index >= 15 is 0 Å². The summed E-state index contributed by atoms with van der Waals surface area (Å²) in [6, 6.07) is 3.67. The molecule has 0 aliphatic carbocycles. The largest absolute Gasteiger partial charge is 0.372 e. The lowest BCUT2D eigenvalue weighted by molar-refractivity contribution is -0.00539. The molecule has 0 amide bonds. The van der Waals surface area contributed by atoms with Crippen molar-refractivity contribution >= 4 is 21.6 Å². The van der Waals surface area contributed by atoms with Gasteiger partial charge in [0.25, 0.3) is 0 Å². The van der Waals surface area contributed by atoms with Crippen molar-refractivity contribution in [1.82, 2.24) is 0 Å². The Bertz CT molecular complexity index is 431. The van der Waals surface area contributed by atoms with E-state index in [1.54, 1.807) is 6.07 Å². The third-order valence-corrected chi connectivity index (χ3v) is 3.98. The van der Waals surface area contributed by atoms with Crippen molar-refractivity contribution in [2.24, 2.45) is 5.73 Å². The average molecular weight is 317 g/mol. The van der Waals surface area contributed by atoms with Crippen LogP contribution in [0.4, 0.5) is 10.1 Å². The molecule has 0 bridgehead atoms. The van der Waals surface area contributed by atoms with Gasteiger partial charge in [-0.25, -0.2) is 4.39 Å². The minimum absolute atomic E-state index is 0.112. The number of hydrogen-bond donors (Lipinski definition) is 1. The van der Waals surface area contributed by atoms with Crippen molar-refractivity contribution in [3.8, 4) is 0 Å². The van der Waals surface area contributed by atoms with E-state index in [9.17, 15) is 4.39 Å². The van der Waals surface area contributed by atoms with Gasteiger partial charge in [-0.05, 0) is 41.4 Å². The molecule has 3 nitrogen and oxygen atoms in total. The number of benzene rings is 1. The fraction of sp³-hybridized carbons (Fsp3) is 0.538. The third kappa shape index (κ3) is 2.68. The predicted molar refractivity (Wildman–Crippen MR) is 74.2 cm³/mol. The highest BCUT2D eigenvalue weighted by molar-refractivity contribution is 9.10. The highest BCUT2D eigenvalue weighted by Crippen LogP contribution is 2.31. The molecule has 2 rings (SSSR count). The molecule has 1 aliphatic rings. The van der Waals surface area contributed by atoms with Gasteiger partial charge in [0.05, 0.1) is 22.4 Å². The van der Waals surface area contributed by atoms with E-state index in [1.165, 1.54) is 0 Å². The van der Waals surface area contributed by atoms with Crippen molar-refractivity contribution in [2.45, 2.75) is 32.6 Å². The molecule has 1 fully saturated rings. The van der Waals surface area contributed by atoms with Crippen LogP contribution < -0.4 is 10.6 Å². The van der Waals surface area contributed by atoms with Crippen LogP contribution in [0.25, 0.3) is 0 Å². The van der Waals surface area contributed by atoms with Gasteiger partial charge >= 0.3 is 0 Å². The van der Waals surface area contributed by atoms with E-state index in [1.807, 2.05) is 24.8 Å². The first-order valence-corrected chi connectivity index (χ1v) is 6.89. The lowest BCUT2D eigenvalue weighted by atomic mass is 10.1. The van der Waals surface area contributed by atoms with Crippen LogP contribution in [0, 0.1) is 5.82 Å². The van der Waals surface area contributed by atoms with Gasteiger partial charge in [0.15, 0.2) is 5.82 Å². The van der Waals surface area contributed by atoms with Crippen LogP contribution >= 0.6 is 15.9 Å². The first-order valence-electron chi connectivity index (χ1n) is 6.10. The molecule has 0 unspecified atom stereocenters. The van der Waals surface area contributed by atoms with Crippen LogP contribution in [0.5, 0.6) is 0 Å². The van der Waals surface area contributed by atoms with Crippen molar-refractivity contribution in [1.29, 1.82) is 0 Å². The van der Waals surface area contributed by atoms with Crippen molar-refractivity contribution in [3.05, 3.63) is 28.0 Å². The minimum Gasteiger partial charge on any atom is -0.372 e. The third-order valence-electron chi connectivity index (χ3n) is 3.12. The first-order chi connectivity index (χ1) is 8.52. The van der Waals surface area contributed by atoms with E-state index in [0.717, 1.165) is 5.56 Å². The zero-order chi connectivity index (χ0) is 13.3. The number of nitrogens with two attached hydrogens (primary N) is 1. The fourth-order valence-electron chi connectivity index (χ4n) is 2.36. The molecule has 1 aromatic carbocycles. The summed E-state index contributed by atoms with van der Waals surface area (Å²) >= 11 is 3.28. The molecule has 0 saturated carbocycles. The lowest BCUT2D eigenvalue weighted by Crippen LogP contribution is -2.45. The van der Waals surface area contributed by atoms with Crippen LogP contribution in [0.3, 0.4) is 0 Å². The molecule has 100 valence electrons. The molecule has 0 radical (unpaired) electrons. The SMILES string of the molecule is C[C@@H]1CN(c2ccc(CN)c(Br)c2F)C[C@H](C)O1. The smallest absolute Gasteiger partial charge is 0.160 e. The monoisotopic (exact) mass is 316 g/mol. The zero-order valence-electron chi connectivity index (χ0n) is 10.6. The molecule has 2 atom stereocenters. The Morgan fingerprint density at radius 1 is 1.39 bits per heavy atom. The number of hydrogen-bond acceptors (Lipinski definition) is 3. The van der Waals surface area contributed by atoms with Crippen LogP contribution in [0.2, 0.25) is 0 Å². The van der Waals surface area contributed by atoms with E-state index in [-0.39, 0.29) is 18.0 Å². The summed E-state index contributed by atoms with van der Waals surface area (Å²) in [7, 11) is 0. The van der Waals surface area contributed by atoms with Gasteiger partial charge in [-0.3, -0.25) is 0 Å². The lowest BCUT2D eigenvalue weighted by Gasteiger charge is -2.37. The Morgan fingerprint density at radius 3 is 2.56 bits per heavy atom. The number of morpholine rings is 1. The van der Waals surface area contributed by atoms with Crippen LogP contribution in [-0.4, -0.2) is 25.3 Å². The molecule has 0 spiro atoms. The summed E-state index contributed by atoms with van der Waals surface area (Å²) < 4.78 is 20.4. The van der Waals surface area contributed by atoms with Crippen LogP contribution in [-0.2, 0) is 11.3 Å². The number of nitrogens with zero attached hydrogens (tertiary/aromatic N) is 1. The van der Waals surface area contributed by atoms with Gasteiger partial charge in [-0.1, -0.05) is 6.07 Å². The van der Waals surface area contributed by atoms with E-state index in [2.05, 4.69) is 15.9 Å². The summed E-state index contributed by atoms with van der Waals surface area (Å²) in [5, 5.41) is 0. The fourth-order valence-corrected chi connectivity index (χ4v) is 2.85. The topological polar surface area (TPSA) is 38.5 Å². The Labute approximate surface area is 115 Å². The average Bonchev–Trinajstić information content (AvgIpc) is 2.31. The maximum Gasteiger partial charge on any atom is 0.160 e. The molecule has 1 aromatic rings. The van der Waals surface area contributed by atoms with Crippen LogP contribution in [0.1, 0.15) is 19.4 Å². The van der Waals surface area contributed by atoms with Gasteiger partial charge in [0.1, 0.15) is 0 Å². The first kappa shape index (κ1) is 13.8. The molecule has 1 heterocycles. The van der Waals surface area contributed by atoms with E-state index < -0.39 is 0 Å². The number of halogens is 2. The number of ether oxygens (including phenoxy) is 1. The van der Waals surface area contributed by atoms with Gasteiger partial charge in [0, 0.05) is 19.6 Å². The molecule has 1 aliphatic heterocycles. The number of anilines is 1. The van der Waals surface area contributed by atoms with Crippen molar-refractivity contribution < 1.29 is 9.13 Å². The standard InChI is InChI=1S/C13H18BrFN2O/c1-8-6-17(7-9(2)18-8)11-4-3-10(5-16)12(14)13(11)15/h3-4,8-9H,5-7,16H2,1-2H3/t8-,9+. The molecule has 0 aromatic heterocycles. The highest BCUT2D eigenvalue weighted by Gasteiger charge is 2.25. The van der Waals surface area contributed by atoms with E-state index in [4.69, 9.17) is 10.5 Å². The second kappa shape index (κ2) is 5.55. The summed E-state index contributed by atoms with van der Waals surface area (Å²) in [4.78, 5) is 2.03. The Hall–Kier alpha value is -0.650.